The van der Waals surface area contributed by atoms with Crippen LogP contribution in [0.25, 0.3) is 17.0 Å². The van der Waals surface area contributed by atoms with Gasteiger partial charge in [0.05, 0.1) is 23.6 Å². The lowest BCUT2D eigenvalue weighted by molar-refractivity contribution is -0.255. The first-order chi connectivity index (χ1) is 14.5. The lowest BCUT2D eigenvalue weighted by Crippen LogP contribution is -2.22. The van der Waals surface area contributed by atoms with Gasteiger partial charge >= 0.3 is 0 Å². The van der Waals surface area contributed by atoms with Gasteiger partial charge in [0, 0.05) is 12.6 Å². The molecule has 7 heteroatoms. The van der Waals surface area contributed by atoms with E-state index in [0.717, 1.165) is 5.69 Å². The zero-order valence-corrected chi connectivity index (χ0v) is 16.4. The molecule has 0 unspecified atom stereocenters. The van der Waals surface area contributed by atoms with Gasteiger partial charge in [-0.05, 0) is 42.8 Å². The first-order valence-corrected chi connectivity index (χ1v) is 9.25. The molecule has 2 aromatic carbocycles. The van der Waals surface area contributed by atoms with Crippen LogP contribution in [0.15, 0.2) is 80.9 Å². The summed E-state index contributed by atoms with van der Waals surface area (Å²) in [6, 6.07) is 19.1. The highest BCUT2D eigenvalue weighted by molar-refractivity contribution is 5.87. The van der Waals surface area contributed by atoms with E-state index < -0.39 is 5.97 Å². The van der Waals surface area contributed by atoms with Crippen LogP contribution in [0.1, 0.15) is 21.8 Å². The van der Waals surface area contributed by atoms with Crippen molar-refractivity contribution in [2.75, 3.05) is 0 Å². The summed E-state index contributed by atoms with van der Waals surface area (Å²) >= 11 is 0. The number of carboxylic acid groups (broad SMARTS) is 1. The fourth-order valence-corrected chi connectivity index (χ4v) is 3.21. The molecule has 4 rings (SSSR count). The summed E-state index contributed by atoms with van der Waals surface area (Å²) in [5.74, 6) is -0.316. The predicted octanol–water partition coefficient (Wildman–Crippen LogP) is 2.86. The van der Waals surface area contributed by atoms with Gasteiger partial charge in [0.1, 0.15) is 11.5 Å². The standard InChI is InChI=1S/C23H19N3O4/c1-15-21(22(27)26(25(15)2)18-9-4-3-5-10-18)24-14-19-11-12-20(30-19)16-7-6-8-17(13-16)23(28)29/h3-14H,1-2H3,(H,28,29)/p-1. The van der Waals surface area contributed by atoms with Gasteiger partial charge in [-0.1, -0.05) is 36.4 Å². The van der Waals surface area contributed by atoms with Crippen LogP contribution in [-0.2, 0) is 7.05 Å². The molecule has 0 fully saturated rings. The lowest BCUT2D eigenvalue weighted by Gasteiger charge is -2.07. The van der Waals surface area contributed by atoms with Gasteiger partial charge in [-0.15, -0.1) is 0 Å². The normalized spacial score (nSPS) is 11.3. The van der Waals surface area contributed by atoms with E-state index in [9.17, 15) is 14.7 Å². The fraction of sp³-hybridized carbons (Fsp3) is 0.0870. The van der Waals surface area contributed by atoms with Gasteiger partial charge in [0.15, 0.2) is 5.69 Å². The third kappa shape index (κ3) is 3.48. The quantitative estimate of drug-likeness (QED) is 0.482. The average Bonchev–Trinajstić information content (AvgIpc) is 3.31. The van der Waals surface area contributed by atoms with Crippen LogP contribution in [0.4, 0.5) is 5.69 Å². The van der Waals surface area contributed by atoms with Crippen LogP contribution >= 0.6 is 0 Å². The number of hydrogen-bond donors (Lipinski definition) is 0. The monoisotopic (exact) mass is 400 g/mol. The molecule has 0 radical (unpaired) electrons. The van der Waals surface area contributed by atoms with Gasteiger partial charge in [-0.25, -0.2) is 9.67 Å². The highest BCUT2D eigenvalue weighted by Crippen LogP contribution is 2.23. The van der Waals surface area contributed by atoms with Crippen molar-refractivity contribution < 1.29 is 14.3 Å². The summed E-state index contributed by atoms with van der Waals surface area (Å²) in [5, 5.41) is 11.0. The molecule has 0 saturated heterocycles. The second kappa shape index (κ2) is 7.71. The number of aliphatic imine (C=N–C) groups is 1. The summed E-state index contributed by atoms with van der Waals surface area (Å²) in [6.45, 7) is 1.83. The zero-order valence-electron chi connectivity index (χ0n) is 16.4. The van der Waals surface area contributed by atoms with E-state index in [1.807, 2.05) is 37.3 Å². The highest BCUT2D eigenvalue weighted by Gasteiger charge is 2.15. The summed E-state index contributed by atoms with van der Waals surface area (Å²) in [4.78, 5) is 28.3. The van der Waals surface area contributed by atoms with Crippen molar-refractivity contribution in [3.05, 3.63) is 94.1 Å². The second-order valence-corrected chi connectivity index (χ2v) is 6.74. The van der Waals surface area contributed by atoms with Crippen molar-refractivity contribution in [2.45, 2.75) is 6.92 Å². The highest BCUT2D eigenvalue weighted by atomic mass is 16.4. The van der Waals surface area contributed by atoms with Crippen molar-refractivity contribution in [1.29, 1.82) is 0 Å². The Morgan fingerprint density at radius 3 is 2.57 bits per heavy atom. The molecule has 0 spiro atoms. The Kier molecular flexibility index (Phi) is 4.93. The second-order valence-electron chi connectivity index (χ2n) is 6.74. The van der Waals surface area contributed by atoms with Crippen LogP contribution in [0.2, 0.25) is 0 Å². The van der Waals surface area contributed by atoms with E-state index in [2.05, 4.69) is 4.99 Å². The number of nitrogens with zero attached hydrogens (tertiary/aromatic N) is 3. The molecule has 4 aromatic rings. The van der Waals surface area contributed by atoms with Crippen LogP contribution in [0.3, 0.4) is 0 Å². The summed E-state index contributed by atoms with van der Waals surface area (Å²) in [6.07, 6.45) is 1.48. The molecule has 150 valence electrons. The molecule has 0 aliphatic heterocycles. The third-order valence-corrected chi connectivity index (χ3v) is 4.85. The molecule has 7 nitrogen and oxygen atoms in total. The van der Waals surface area contributed by atoms with Gasteiger partial charge in [0.25, 0.3) is 5.56 Å². The largest absolute Gasteiger partial charge is 0.545 e. The Balaban J connectivity index is 1.65. The summed E-state index contributed by atoms with van der Waals surface area (Å²) < 4.78 is 9.06. The molecule has 0 saturated carbocycles. The smallest absolute Gasteiger partial charge is 0.297 e. The molecular weight excluding hydrogens is 382 g/mol. The molecule has 0 bridgehead atoms. The molecule has 2 aromatic heterocycles. The average molecular weight is 400 g/mol. The van der Waals surface area contributed by atoms with Gasteiger partial charge in [-0.2, -0.15) is 0 Å². The number of hydrogen-bond acceptors (Lipinski definition) is 5. The molecule has 2 heterocycles. The van der Waals surface area contributed by atoms with Gasteiger partial charge in [0.2, 0.25) is 0 Å². The fourth-order valence-electron chi connectivity index (χ4n) is 3.21. The van der Waals surface area contributed by atoms with E-state index in [4.69, 9.17) is 4.42 Å². The molecule has 30 heavy (non-hydrogen) atoms. The van der Waals surface area contributed by atoms with E-state index >= 15 is 0 Å². The number of aromatic nitrogens is 2. The number of aromatic carboxylic acids is 1. The Morgan fingerprint density at radius 2 is 1.83 bits per heavy atom. The third-order valence-electron chi connectivity index (χ3n) is 4.85. The van der Waals surface area contributed by atoms with Crippen LogP contribution in [0.5, 0.6) is 0 Å². The van der Waals surface area contributed by atoms with Gasteiger partial charge < -0.3 is 14.3 Å². The van der Waals surface area contributed by atoms with E-state index in [-0.39, 0.29) is 11.1 Å². The van der Waals surface area contributed by atoms with Crippen LogP contribution in [0, 0.1) is 6.92 Å². The van der Waals surface area contributed by atoms with Crippen molar-refractivity contribution in [3.8, 4) is 17.0 Å². The number of carbonyl (C=O) groups excluding carboxylic acids is 1. The minimum atomic E-state index is -1.25. The van der Waals surface area contributed by atoms with Crippen molar-refractivity contribution in [1.82, 2.24) is 9.36 Å². The first kappa shape index (κ1) is 19.2. The number of carbonyl (C=O) groups is 1. The molecular formula is C23H18N3O4-. The lowest BCUT2D eigenvalue weighted by atomic mass is 10.1. The number of furan rings is 1. The maximum absolute atomic E-state index is 12.9. The molecule has 0 amide bonds. The summed E-state index contributed by atoms with van der Waals surface area (Å²) in [7, 11) is 1.80. The zero-order chi connectivity index (χ0) is 21.3. The predicted molar refractivity (Wildman–Crippen MR) is 111 cm³/mol. The van der Waals surface area contributed by atoms with Crippen molar-refractivity contribution in [3.63, 3.8) is 0 Å². The van der Waals surface area contributed by atoms with Crippen LogP contribution in [-0.4, -0.2) is 21.5 Å². The maximum atomic E-state index is 12.9. The summed E-state index contributed by atoms with van der Waals surface area (Å²) in [5.41, 5.74) is 2.24. The van der Waals surface area contributed by atoms with Crippen molar-refractivity contribution in [2.24, 2.45) is 12.0 Å². The van der Waals surface area contributed by atoms with E-state index in [1.54, 1.807) is 40.7 Å². The van der Waals surface area contributed by atoms with E-state index in [1.165, 1.54) is 18.3 Å². The first-order valence-electron chi connectivity index (χ1n) is 9.25. The number of carboxylic acids is 1. The molecule has 0 aliphatic carbocycles. The number of para-hydroxylation sites is 1. The minimum absolute atomic E-state index is 0.0699. The Hall–Kier alpha value is -4.13. The maximum Gasteiger partial charge on any atom is 0.297 e. The van der Waals surface area contributed by atoms with E-state index in [0.29, 0.717) is 28.5 Å². The Morgan fingerprint density at radius 1 is 1.07 bits per heavy atom. The topological polar surface area (TPSA) is 92.6 Å². The molecule has 0 aliphatic rings. The Labute approximate surface area is 172 Å². The number of rotatable bonds is 5. The van der Waals surface area contributed by atoms with Crippen molar-refractivity contribution >= 4 is 17.9 Å². The molecule has 0 atom stereocenters. The minimum Gasteiger partial charge on any atom is -0.545 e. The number of benzene rings is 2. The SMILES string of the molecule is Cc1c(N=Cc2ccc(-c3cccc(C(=O)[O-])c3)o2)c(=O)n(-c2ccccc2)n1C. The Bertz CT molecular complexity index is 1310. The molecule has 0 N–H and O–H groups in total. The van der Waals surface area contributed by atoms with Gasteiger partial charge in [-0.3, -0.25) is 9.48 Å². The van der Waals surface area contributed by atoms with Crippen LogP contribution < -0.4 is 10.7 Å².